The van der Waals surface area contributed by atoms with Gasteiger partial charge in [0.05, 0.1) is 0 Å². The van der Waals surface area contributed by atoms with Crippen LogP contribution in [0.1, 0.15) is 19.5 Å². The third-order valence-electron chi connectivity index (χ3n) is 2.37. The van der Waals surface area contributed by atoms with Crippen molar-refractivity contribution in [3.05, 3.63) is 34.4 Å². The van der Waals surface area contributed by atoms with Gasteiger partial charge in [-0.05, 0) is 18.2 Å². The molecular formula is C12H15BrN2. The Balaban J connectivity index is 2.27. The highest BCUT2D eigenvalue weighted by atomic mass is 79.9. The van der Waals surface area contributed by atoms with E-state index < -0.39 is 0 Å². The van der Waals surface area contributed by atoms with Crippen LogP contribution in [-0.4, -0.2) is 11.0 Å². The molecule has 2 N–H and O–H groups in total. The predicted octanol–water partition coefficient (Wildman–Crippen LogP) is 3.43. The van der Waals surface area contributed by atoms with Crippen LogP contribution in [0.5, 0.6) is 0 Å². The van der Waals surface area contributed by atoms with E-state index in [1.54, 1.807) is 0 Å². The topological polar surface area (TPSA) is 27.8 Å². The zero-order valence-corrected chi connectivity index (χ0v) is 10.6. The highest BCUT2D eigenvalue weighted by Gasteiger charge is 2.03. The largest absolute Gasteiger partial charge is 0.357 e. The molecule has 80 valence electrons. The minimum Gasteiger partial charge on any atom is -0.357 e. The molecule has 2 aromatic rings. The molecule has 15 heavy (non-hydrogen) atoms. The number of hydrogen-bond acceptors (Lipinski definition) is 1. The second-order valence-corrected chi connectivity index (χ2v) is 4.89. The third kappa shape index (κ3) is 2.41. The Bertz CT molecular complexity index is 460. The van der Waals surface area contributed by atoms with Gasteiger partial charge in [-0.2, -0.15) is 0 Å². The van der Waals surface area contributed by atoms with Gasteiger partial charge in [-0.15, -0.1) is 0 Å². The van der Waals surface area contributed by atoms with Crippen molar-refractivity contribution in [2.24, 2.45) is 0 Å². The van der Waals surface area contributed by atoms with Crippen LogP contribution < -0.4 is 5.32 Å². The van der Waals surface area contributed by atoms with Crippen LogP contribution in [0.25, 0.3) is 10.9 Å². The van der Waals surface area contributed by atoms with Crippen molar-refractivity contribution >= 4 is 26.8 Å². The summed E-state index contributed by atoms with van der Waals surface area (Å²) in [4.78, 5) is 3.40. The summed E-state index contributed by atoms with van der Waals surface area (Å²) in [5, 5.41) is 4.64. The molecule has 0 unspecified atom stereocenters. The Morgan fingerprint density at radius 3 is 2.87 bits per heavy atom. The normalized spacial score (nSPS) is 11.5. The fourth-order valence-corrected chi connectivity index (χ4v) is 2.07. The van der Waals surface area contributed by atoms with E-state index in [0.717, 1.165) is 11.0 Å². The van der Waals surface area contributed by atoms with Crippen LogP contribution >= 0.6 is 15.9 Å². The quantitative estimate of drug-likeness (QED) is 0.876. The molecule has 1 aromatic heterocycles. The summed E-state index contributed by atoms with van der Waals surface area (Å²) in [6, 6.07) is 8.91. The molecule has 0 radical (unpaired) electrons. The highest BCUT2D eigenvalue weighted by Crippen LogP contribution is 2.24. The smallest absolute Gasteiger partial charge is 0.0467 e. The number of aromatic nitrogens is 1. The Labute approximate surface area is 98.2 Å². The van der Waals surface area contributed by atoms with E-state index in [-0.39, 0.29) is 0 Å². The first-order valence-corrected chi connectivity index (χ1v) is 5.95. The molecule has 2 nitrogen and oxygen atoms in total. The molecule has 3 heteroatoms. The van der Waals surface area contributed by atoms with Gasteiger partial charge in [0.2, 0.25) is 0 Å². The van der Waals surface area contributed by atoms with Gasteiger partial charge in [0.25, 0.3) is 0 Å². The molecule has 2 rings (SSSR count). The highest BCUT2D eigenvalue weighted by molar-refractivity contribution is 9.10. The predicted molar refractivity (Wildman–Crippen MR) is 68.0 cm³/mol. The fourth-order valence-electron chi connectivity index (χ4n) is 1.59. The van der Waals surface area contributed by atoms with Gasteiger partial charge in [0.15, 0.2) is 0 Å². The number of aromatic amines is 1. The van der Waals surface area contributed by atoms with E-state index in [1.165, 1.54) is 16.6 Å². The van der Waals surface area contributed by atoms with Crippen molar-refractivity contribution in [2.75, 3.05) is 0 Å². The molecule has 0 amide bonds. The van der Waals surface area contributed by atoms with Crippen molar-refractivity contribution in [3.63, 3.8) is 0 Å². The second kappa shape index (κ2) is 4.37. The van der Waals surface area contributed by atoms with Crippen molar-refractivity contribution in [2.45, 2.75) is 26.4 Å². The van der Waals surface area contributed by atoms with Crippen LogP contribution in [0.3, 0.4) is 0 Å². The second-order valence-electron chi connectivity index (χ2n) is 4.03. The molecule has 0 aliphatic carbocycles. The van der Waals surface area contributed by atoms with E-state index in [9.17, 15) is 0 Å². The molecule has 1 aromatic carbocycles. The first-order chi connectivity index (χ1) is 7.16. The first kappa shape index (κ1) is 10.7. The number of benzene rings is 1. The molecule has 0 saturated carbocycles. The van der Waals surface area contributed by atoms with E-state index >= 15 is 0 Å². The number of H-pyrrole nitrogens is 1. The minimum absolute atomic E-state index is 0.514. The lowest BCUT2D eigenvalue weighted by molar-refractivity contribution is 0.583. The standard InChI is InChI=1S/C12H15BrN2/c1-8(2)14-7-9-6-10-11(13)4-3-5-12(10)15-9/h3-6,8,14-15H,7H2,1-2H3. The number of fused-ring (bicyclic) bond motifs is 1. The lowest BCUT2D eigenvalue weighted by Crippen LogP contribution is -2.21. The van der Waals surface area contributed by atoms with Crippen LogP contribution in [0.15, 0.2) is 28.7 Å². The number of hydrogen-bond donors (Lipinski definition) is 2. The molecule has 1 heterocycles. The summed E-state index contributed by atoms with van der Waals surface area (Å²) >= 11 is 3.55. The molecular weight excluding hydrogens is 252 g/mol. The van der Waals surface area contributed by atoms with E-state index in [2.05, 4.69) is 58.3 Å². The summed E-state index contributed by atoms with van der Waals surface area (Å²) in [5.74, 6) is 0. The van der Waals surface area contributed by atoms with Gasteiger partial charge in [0, 0.05) is 33.7 Å². The van der Waals surface area contributed by atoms with Crippen LogP contribution in [-0.2, 0) is 6.54 Å². The third-order valence-corrected chi connectivity index (χ3v) is 3.06. The SMILES string of the molecule is CC(C)NCc1cc2c(Br)cccc2[nH]1. The van der Waals surface area contributed by atoms with Gasteiger partial charge >= 0.3 is 0 Å². The Kier molecular flexibility index (Phi) is 3.12. The van der Waals surface area contributed by atoms with Crippen molar-refractivity contribution in [1.29, 1.82) is 0 Å². The first-order valence-electron chi connectivity index (χ1n) is 5.16. The Morgan fingerprint density at radius 1 is 1.40 bits per heavy atom. The zero-order chi connectivity index (χ0) is 10.8. The maximum atomic E-state index is 3.55. The maximum Gasteiger partial charge on any atom is 0.0467 e. The lowest BCUT2D eigenvalue weighted by Gasteiger charge is -2.05. The average molecular weight is 267 g/mol. The molecule has 0 fully saturated rings. The summed E-state index contributed by atoms with van der Waals surface area (Å²) in [5.41, 5.74) is 2.41. The van der Waals surface area contributed by atoms with E-state index in [1.807, 2.05) is 6.07 Å². The molecule has 0 atom stereocenters. The molecule has 0 bridgehead atoms. The van der Waals surface area contributed by atoms with Gasteiger partial charge < -0.3 is 10.3 Å². The van der Waals surface area contributed by atoms with Crippen LogP contribution in [0, 0.1) is 0 Å². The number of halogens is 1. The lowest BCUT2D eigenvalue weighted by atomic mass is 10.2. The zero-order valence-electron chi connectivity index (χ0n) is 8.97. The molecule has 0 aliphatic rings. The van der Waals surface area contributed by atoms with Crippen molar-refractivity contribution in [3.8, 4) is 0 Å². The molecule has 0 saturated heterocycles. The summed E-state index contributed by atoms with van der Waals surface area (Å²) < 4.78 is 1.15. The Morgan fingerprint density at radius 2 is 2.20 bits per heavy atom. The van der Waals surface area contributed by atoms with Gasteiger partial charge in [0.1, 0.15) is 0 Å². The van der Waals surface area contributed by atoms with Crippen LogP contribution in [0.4, 0.5) is 0 Å². The monoisotopic (exact) mass is 266 g/mol. The van der Waals surface area contributed by atoms with Crippen molar-refractivity contribution in [1.82, 2.24) is 10.3 Å². The number of nitrogens with one attached hydrogen (secondary N) is 2. The average Bonchev–Trinajstić information content (AvgIpc) is 2.59. The summed E-state index contributed by atoms with van der Waals surface area (Å²) in [6.07, 6.45) is 0. The summed E-state index contributed by atoms with van der Waals surface area (Å²) in [6.45, 7) is 5.19. The molecule has 0 spiro atoms. The molecule has 0 aliphatic heterocycles. The number of rotatable bonds is 3. The van der Waals surface area contributed by atoms with E-state index in [0.29, 0.717) is 6.04 Å². The van der Waals surface area contributed by atoms with Gasteiger partial charge in [-0.25, -0.2) is 0 Å². The fraction of sp³-hybridized carbons (Fsp3) is 0.333. The van der Waals surface area contributed by atoms with E-state index in [4.69, 9.17) is 0 Å². The van der Waals surface area contributed by atoms with Crippen molar-refractivity contribution < 1.29 is 0 Å². The van der Waals surface area contributed by atoms with Gasteiger partial charge in [-0.1, -0.05) is 35.8 Å². The maximum absolute atomic E-state index is 3.55. The summed E-state index contributed by atoms with van der Waals surface area (Å²) in [7, 11) is 0. The van der Waals surface area contributed by atoms with Gasteiger partial charge in [-0.3, -0.25) is 0 Å². The van der Waals surface area contributed by atoms with Crippen LogP contribution in [0.2, 0.25) is 0 Å². The minimum atomic E-state index is 0.514. The Hall–Kier alpha value is -0.800.